The van der Waals surface area contributed by atoms with Crippen LogP contribution in [0.1, 0.15) is 38.4 Å². The molecule has 3 rings (SSSR count). The summed E-state index contributed by atoms with van der Waals surface area (Å²) in [6.45, 7) is 6.41. The first kappa shape index (κ1) is 17.8. The summed E-state index contributed by atoms with van der Waals surface area (Å²) in [4.78, 5) is 24.2. The van der Waals surface area contributed by atoms with Gasteiger partial charge in [-0.1, -0.05) is 30.9 Å². The van der Waals surface area contributed by atoms with Gasteiger partial charge in [0.05, 0.1) is 24.2 Å². The van der Waals surface area contributed by atoms with E-state index in [1.165, 1.54) is 6.07 Å². The van der Waals surface area contributed by atoms with Crippen molar-refractivity contribution in [2.45, 2.75) is 38.9 Å². The van der Waals surface area contributed by atoms with Gasteiger partial charge in [0, 0.05) is 6.42 Å². The topological polar surface area (TPSA) is 66.4 Å². The van der Waals surface area contributed by atoms with Crippen LogP contribution < -0.4 is 10.5 Å². The molecule has 0 radical (unpaired) electrons. The van der Waals surface area contributed by atoms with E-state index in [0.29, 0.717) is 34.7 Å². The van der Waals surface area contributed by atoms with Gasteiger partial charge in [0.2, 0.25) is 0 Å². The molecule has 1 aliphatic carbocycles. The van der Waals surface area contributed by atoms with E-state index < -0.39 is 19.9 Å². The van der Waals surface area contributed by atoms with E-state index >= 15 is 0 Å². The molecule has 132 valence electrons. The molecule has 0 bridgehead atoms. The number of aromatic carboxylic acids is 1. The second-order valence-electron chi connectivity index (χ2n) is 7.27. The highest BCUT2D eigenvalue weighted by Crippen LogP contribution is 2.39. The molecule has 7 heteroatoms. The summed E-state index contributed by atoms with van der Waals surface area (Å²) in [5, 5.41) is 13.8. The first-order valence-electron chi connectivity index (χ1n) is 8.17. The molecule has 0 aliphatic heterocycles. The van der Waals surface area contributed by atoms with Crippen molar-refractivity contribution in [1.29, 1.82) is 0 Å². The molecule has 0 spiro atoms. The first-order chi connectivity index (χ1) is 11.7. The molecule has 0 atom stereocenters. The maximum absolute atomic E-state index is 14.5. The molecule has 0 unspecified atom stereocenters. The number of Topliss-reactive ketones (excluding diaryl/α,β-unsaturated/α-hetero) is 1. The van der Waals surface area contributed by atoms with Gasteiger partial charge in [-0.2, -0.15) is 0 Å². The number of carboxylic acid groups (broad SMARTS) is 1. The van der Waals surface area contributed by atoms with Crippen LogP contribution in [0.25, 0.3) is 0 Å². The molecular formula is C18H20FNO3SSi. The number of carboxylic acids is 1. The third-order valence-electron chi connectivity index (χ3n) is 4.39. The van der Waals surface area contributed by atoms with Crippen LogP contribution in [-0.4, -0.2) is 24.9 Å². The van der Waals surface area contributed by atoms with Crippen LogP contribution in [0, 0.1) is 5.82 Å². The molecule has 0 saturated heterocycles. The van der Waals surface area contributed by atoms with Crippen molar-refractivity contribution in [2.75, 3.05) is 5.32 Å². The monoisotopic (exact) mass is 377 g/mol. The van der Waals surface area contributed by atoms with E-state index in [9.17, 15) is 19.1 Å². The summed E-state index contributed by atoms with van der Waals surface area (Å²) in [6.07, 6.45) is 1.66. The first-order valence-corrected chi connectivity index (χ1v) is 12.5. The summed E-state index contributed by atoms with van der Waals surface area (Å²) in [6, 6.07) is 5.06. The maximum atomic E-state index is 14.5. The van der Waals surface area contributed by atoms with E-state index in [2.05, 4.69) is 25.0 Å². The molecule has 1 aromatic heterocycles. The average Bonchev–Trinajstić information content (AvgIpc) is 2.88. The Hall–Kier alpha value is -1.99. The lowest BCUT2D eigenvalue weighted by atomic mass is 9.94. The number of carbonyl (C=O) groups is 2. The van der Waals surface area contributed by atoms with E-state index in [1.807, 2.05) is 6.07 Å². The van der Waals surface area contributed by atoms with E-state index in [1.54, 1.807) is 6.07 Å². The number of nitrogens with one attached hydrogen (secondary N) is 1. The van der Waals surface area contributed by atoms with Gasteiger partial charge in [-0.3, -0.25) is 4.79 Å². The fourth-order valence-corrected chi connectivity index (χ4v) is 5.35. The van der Waals surface area contributed by atoms with Crippen molar-refractivity contribution in [3.05, 3.63) is 40.0 Å². The summed E-state index contributed by atoms with van der Waals surface area (Å²) in [5.41, 5.74) is 0.910. The normalized spacial score (nSPS) is 14.3. The van der Waals surface area contributed by atoms with Gasteiger partial charge in [0.15, 0.2) is 5.78 Å². The number of benzene rings is 1. The number of rotatable bonds is 4. The molecule has 2 N–H and O–H groups in total. The molecule has 0 saturated carbocycles. The van der Waals surface area contributed by atoms with Crippen LogP contribution in [0.15, 0.2) is 18.2 Å². The van der Waals surface area contributed by atoms with Gasteiger partial charge in [-0.15, -0.1) is 11.3 Å². The summed E-state index contributed by atoms with van der Waals surface area (Å²) in [7, 11) is -1.63. The molecule has 0 amide bonds. The molecule has 4 nitrogen and oxygen atoms in total. The van der Waals surface area contributed by atoms with Crippen LogP contribution >= 0.6 is 11.3 Å². The van der Waals surface area contributed by atoms with Gasteiger partial charge in [-0.05, 0) is 30.5 Å². The van der Waals surface area contributed by atoms with Crippen molar-refractivity contribution >= 4 is 47.0 Å². The minimum absolute atomic E-state index is 0.0312. The Bertz CT molecular complexity index is 870. The van der Waals surface area contributed by atoms with Crippen molar-refractivity contribution in [3.63, 3.8) is 0 Å². The van der Waals surface area contributed by atoms with E-state index in [-0.39, 0.29) is 17.0 Å². The Kier molecular flexibility index (Phi) is 4.55. The zero-order chi connectivity index (χ0) is 18.4. The minimum atomic E-state index is -1.63. The highest BCUT2D eigenvalue weighted by molar-refractivity contribution is 7.18. The molecular weight excluding hydrogens is 357 g/mol. The van der Waals surface area contributed by atoms with Gasteiger partial charge < -0.3 is 10.4 Å². The molecule has 2 aromatic rings. The predicted molar refractivity (Wildman–Crippen MR) is 101 cm³/mol. The highest BCUT2D eigenvalue weighted by Gasteiger charge is 2.29. The molecule has 0 fully saturated rings. The number of anilines is 2. The number of ketones is 1. The number of fused-ring (bicyclic) bond motifs is 1. The van der Waals surface area contributed by atoms with Crippen LogP contribution in [0.2, 0.25) is 19.6 Å². The maximum Gasteiger partial charge on any atom is 0.339 e. The number of hydrogen-bond donors (Lipinski definition) is 2. The smallest absolute Gasteiger partial charge is 0.339 e. The molecule has 1 aliphatic rings. The Labute approximate surface area is 150 Å². The highest BCUT2D eigenvalue weighted by atomic mass is 32.1. The SMILES string of the molecule is C[Si](C)(C)c1ccc(Nc2sc3c(c2C(=O)O)CCCC3=O)c(F)c1. The number of hydrogen-bond acceptors (Lipinski definition) is 4. The zero-order valence-electron chi connectivity index (χ0n) is 14.4. The second-order valence-corrected chi connectivity index (χ2v) is 13.4. The lowest BCUT2D eigenvalue weighted by molar-refractivity contribution is 0.0697. The Morgan fingerprint density at radius 2 is 2.00 bits per heavy atom. The van der Waals surface area contributed by atoms with Gasteiger partial charge in [-0.25, -0.2) is 9.18 Å². The van der Waals surface area contributed by atoms with Crippen LogP contribution in [0.3, 0.4) is 0 Å². The van der Waals surface area contributed by atoms with Gasteiger partial charge in [0.25, 0.3) is 0 Å². The Morgan fingerprint density at radius 1 is 1.28 bits per heavy atom. The Balaban J connectivity index is 2.01. The van der Waals surface area contributed by atoms with Crippen molar-refractivity contribution in [3.8, 4) is 0 Å². The molecule has 1 heterocycles. The minimum Gasteiger partial charge on any atom is -0.478 e. The third-order valence-corrected chi connectivity index (χ3v) is 7.62. The largest absolute Gasteiger partial charge is 0.478 e. The van der Waals surface area contributed by atoms with E-state index in [0.717, 1.165) is 16.5 Å². The van der Waals surface area contributed by atoms with Crippen molar-refractivity contribution in [2.24, 2.45) is 0 Å². The van der Waals surface area contributed by atoms with Crippen molar-refractivity contribution in [1.82, 2.24) is 0 Å². The lowest BCUT2D eigenvalue weighted by Crippen LogP contribution is -2.37. The van der Waals surface area contributed by atoms with Gasteiger partial charge >= 0.3 is 5.97 Å². The van der Waals surface area contributed by atoms with E-state index in [4.69, 9.17) is 0 Å². The van der Waals surface area contributed by atoms with Crippen LogP contribution in [0.4, 0.5) is 15.1 Å². The fourth-order valence-electron chi connectivity index (χ4n) is 2.99. The van der Waals surface area contributed by atoms with Crippen LogP contribution in [0.5, 0.6) is 0 Å². The predicted octanol–water partition coefficient (Wildman–Crippen LogP) is 4.39. The summed E-state index contributed by atoms with van der Waals surface area (Å²) >= 11 is 1.11. The third kappa shape index (κ3) is 3.39. The number of carbonyl (C=O) groups excluding carboxylic acids is 1. The standard InChI is InChI=1S/C18H20FNO3SSi/c1-25(2,3)10-7-8-13(12(19)9-10)20-17-15(18(22)23)11-5-4-6-14(21)16(11)24-17/h7-9,20H,4-6H2,1-3H3,(H,22,23). The van der Waals surface area contributed by atoms with Gasteiger partial charge in [0.1, 0.15) is 10.8 Å². The number of thiophene rings is 1. The number of halogens is 1. The average molecular weight is 378 g/mol. The summed E-state index contributed by atoms with van der Waals surface area (Å²) in [5.74, 6) is -1.53. The second kappa shape index (κ2) is 6.38. The van der Waals surface area contributed by atoms with Crippen molar-refractivity contribution < 1.29 is 19.1 Å². The fraction of sp³-hybridized carbons (Fsp3) is 0.333. The Morgan fingerprint density at radius 3 is 2.60 bits per heavy atom. The lowest BCUT2D eigenvalue weighted by Gasteiger charge is -2.17. The molecule has 25 heavy (non-hydrogen) atoms. The molecule has 1 aromatic carbocycles. The quantitative estimate of drug-likeness (QED) is 0.776. The summed E-state index contributed by atoms with van der Waals surface area (Å²) < 4.78 is 14.5. The van der Waals surface area contributed by atoms with Crippen LogP contribution in [-0.2, 0) is 6.42 Å². The zero-order valence-corrected chi connectivity index (χ0v) is 16.2.